The monoisotopic (exact) mass is 248 g/mol. The van der Waals surface area contributed by atoms with Gasteiger partial charge in [-0.25, -0.2) is 0 Å². The van der Waals surface area contributed by atoms with Crippen molar-refractivity contribution in [3.63, 3.8) is 0 Å². The largest absolute Gasteiger partial charge is 0.385 e. The van der Waals surface area contributed by atoms with E-state index in [9.17, 15) is 0 Å². The van der Waals surface area contributed by atoms with Gasteiger partial charge in [-0.15, -0.1) is 0 Å². The van der Waals surface area contributed by atoms with Crippen LogP contribution in [0.25, 0.3) is 0 Å². The number of hydrogen-bond donors (Lipinski definition) is 0. The first-order chi connectivity index (χ1) is 8.79. The van der Waals surface area contributed by atoms with Gasteiger partial charge in [0.1, 0.15) is 0 Å². The van der Waals surface area contributed by atoms with Crippen molar-refractivity contribution in [3.05, 3.63) is 24.0 Å². The molecule has 100 valence electrons. The Bertz CT molecular complexity index is 367. The Morgan fingerprint density at radius 3 is 3.17 bits per heavy atom. The second-order valence-electron chi connectivity index (χ2n) is 5.24. The van der Waals surface area contributed by atoms with Crippen molar-refractivity contribution < 1.29 is 4.74 Å². The van der Waals surface area contributed by atoms with Crippen LogP contribution in [0.2, 0.25) is 0 Å². The van der Waals surface area contributed by atoms with Crippen molar-refractivity contribution in [1.82, 2.24) is 4.98 Å². The molecule has 3 nitrogen and oxygen atoms in total. The molecule has 0 N–H and O–H groups in total. The second kappa shape index (κ2) is 6.74. The van der Waals surface area contributed by atoms with E-state index in [2.05, 4.69) is 28.9 Å². The van der Waals surface area contributed by atoms with Gasteiger partial charge in [0, 0.05) is 44.4 Å². The highest BCUT2D eigenvalue weighted by molar-refractivity contribution is 5.46. The molecule has 2 rings (SSSR count). The lowest BCUT2D eigenvalue weighted by molar-refractivity contribution is 0.184. The molecule has 0 bridgehead atoms. The normalized spacial score (nSPS) is 20.1. The number of rotatable bonds is 5. The Morgan fingerprint density at radius 2 is 2.39 bits per heavy atom. The molecule has 1 saturated heterocycles. The number of hydrogen-bond acceptors (Lipinski definition) is 3. The summed E-state index contributed by atoms with van der Waals surface area (Å²) in [5.41, 5.74) is 2.44. The van der Waals surface area contributed by atoms with Crippen LogP contribution in [0, 0.1) is 12.8 Å². The van der Waals surface area contributed by atoms with Crippen LogP contribution in [0.3, 0.4) is 0 Å². The molecule has 1 aromatic heterocycles. The number of anilines is 1. The van der Waals surface area contributed by atoms with Gasteiger partial charge in [-0.05, 0) is 50.7 Å². The van der Waals surface area contributed by atoms with Gasteiger partial charge in [0.05, 0.1) is 0 Å². The smallest absolute Gasteiger partial charge is 0.0462 e. The summed E-state index contributed by atoms with van der Waals surface area (Å²) in [5, 5.41) is 0. The summed E-state index contributed by atoms with van der Waals surface area (Å²) in [6, 6.07) is 4.32. The number of methoxy groups -OCH3 is 1. The summed E-state index contributed by atoms with van der Waals surface area (Å²) in [4.78, 5) is 6.78. The van der Waals surface area contributed by atoms with Gasteiger partial charge in [-0.1, -0.05) is 0 Å². The number of pyridine rings is 1. The molecule has 1 fully saturated rings. The van der Waals surface area contributed by atoms with Crippen LogP contribution in [0.5, 0.6) is 0 Å². The van der Waals surface area contributed by atoms with Gasteiger partial charge >= 0.3 is 0 Å². The number of ether oxygens (including phenoxy) is 1. The number of aromatic nitrogens is 1. The van der Waals surface area contributed by atoms with E-state index < -0.39 is 0 Å². The quantitative estimate of drug-likeness (QED) is 0.749. The van der Waals surface area contributed by atoms with E-state index in [-0.39, 0.29) is 0 Å². The third-order valence-electron chi connectivity index (χ3n) is 3.73. The number of aryl methyl sites for hydroxylation is 1. The first kappa shape index (κ1) is 13.3. The minimum absolute atomic E-state index is 0.822. The molecule has 0 radical (unpaired) electrons. The summed E-state index contributed by atoms with van der Waals surface area (Å²) in [5.74, 6) is 0.822. The van der Waals surface area contributed by atoms with Gasteiger partial charge in [0.25, 0.3) is 0 Å². The molecule has 0 aliphatic carbocycles. The van der Waals surface area contributed by atoms with Crippen LogP contribution in [0.15, 0.2) is 18.3 Å². The molecule has 0 unspecified atom stereocenters. The molecule has 0 aromatic carbocycles. The van der Waals surface area contributed by atoms with Gasteiger partial charge in [0.2, 0.25) is 0 Å². The zero-order valence-electron chi connectivity index (χ0n) is 11.6. The first-order valence-corrected chi connectivity index (χ1v) is 6.96. The van der Waals surface area contributed by atoms with E-state index in [1.165, 1.54) is 44.5 Å². The lowest BCUT2D eigenvalue weighted by Crippen LogP contribution is -2.35. The van der Waals surface area contributed by atoms with E-state index >= 15 is 0 Å². The second-order valence-corrected chi connectivity index (χ2v) is 5.24. The third kappa shape index (κ3) is 3.70. The van der Waals surface area contributed by atoms with Crippen molar-refractivity contribution in [2.24, 2.45) is 5.92 Å². The Labute approximate surface area is 110 Å². The predicted octanol–water partition coefficient (Wildman–Crippen LogP) is 3.03. The Kier molecular flexibility index (Phi) is 5.00. The minimum Gasteiger partial charge on any atom is -0.385 e. The molecular formula is C15H24N2O. The molecule has 0 spiro atoms. The fourth-order valence-electron chi connectivity index (χ4n) is 2.78. The zero-order valence-corrected chi connectivity index (χ0v) is 11.6. The maximum Gasteiger partial charge on any atom is 0.0462 e. The van der Waals surface area contributed by atoms with Crippen molar-refractivity contribution >= 4 is 5.69 Å². The van der Waals surface area contributed by atoms with Crippen LogP contribution < -0.4 is 4.90 Å². The third-order valence-corrected chi connectivity index (χ3v) is 3.73. The molecule has 3 heteroatoms. The van der Waals surface area contributed by atoms with Crippen LogP contribution in [-0.2, 0) is 4.74 Å². The Balaban J connectivity index is 1.90. The van der Waals surface area contributed by atoms with Crippen LogP contribution in [-0.4, -0.2) is 31.8 Å². The van der Waals surface area contributed by atoms with Crippen molar-refractivity contribution in [2.75, 3.05) is 31.7 Å². The average Bonchev–Trinajstić information content (AvgIpc) is 2.39. The predicted molar refractivity (Wildman–Crippen MR) is 75.0 cm³/mol. The standard InChI is InChI=1S/C15H24N2O/c1-13-11-15(7-8-16-13)17-9-3-5-14(12-17)6-4-10-18-2/h7-8,11,14H,3-6,9-10,12H2,1-2H3/t14-/m1/s1. The van der Waals surface area contributed by atoms with Gasteiger partial charge < -0.3 is 9.64 Å². The van der Waals surface area contributed by atoms with Crippen molar-refractivity contribution in [2.45, 2.75) is 32.6 Å². The molecular weight excluding hydrogens is 224 g/mol. The van der Waals surface area contributed by atoms with E-state index in [0.29, 0.717) is 0 Å². The van der Waals surface area contributed by atoms with Crippen LogP contribution >= 0.6 is 0 Å². The van der Waals surface area contributed by atoms with Crippen LogP contribution in [0.1, 0.15) is 31.4 Å². The van der Waals surface area contributed by atoms with Crippen molar-refractivity contribution in [3.8, 4) is 0 Å². The average molecular weight is 248 g/mol. The summed E-state index contributed by atoms with van der Waals surface area (Å²) in [6.45, 7) is 5.33. The van der Waals surface area contributed by atoms with Crippen LogP contribution in [0.4, 0.5) is 5.69 Å². The topological polar surface area (TPSA) is 25.4 Å². The lowest BCUT2D eigenvalue weighted by atomic mass is 9.93. The molecule has 1 atom stereocenters. The van der Waals surface area contributed by atoms with Gasteiger partial charge in [-0.2, -0.15) is 0 Å². The fourth-order valence-corrected chi connectivity index (χ4v) is 2.78. The van der Waals surface area contributed by atoms with E-state index in [1.807, 2.05) is 6.20 Å². The summed E-state index contributed by atoms with van der Waals surface area (Å²) < 4.78 is 5.14. The van der Waals surface area contributed by atoms with E-state index in [0.717, 1.165) is 18.2 Å². The maximum absolute atomic E-state index is 5.14. The number of nitrogens with zero attached hydrogens (tertiary/aromatic N) is 2. The minimum atomic E-state index is 0.822. The van der Waals surface area contributed by atoms with E-state index in [1.54, 1.807) is 7.11 Å². The molecule has 0 amide bonds. The van der Waals surface area contributed by atoms with Gasteiger partial charge in [-0.3, -0.25) is 4.98 Å². The lowest BCUT2D eigenvalue weighted by Gasteiger charge is -2.34. The molecule has 18 heavy (non-hydrogen) atoms. The molecule has 1 aliphatic rings. The molecule has 0 saturated carbocycles. The van der Waals surface area contributed by atoms with E-state index in [4.69, 9.17) is 4.74 Å². The Hall–Kier alpha value is -1.09. The SMILES string of the molecule is COCCC[C@H]1CCCN(c2ccnc(C)c2)C1. The first-order valence-electron chi connectivity index (χ1n) is 6.96. The molecule has 1 aromatic rings. The fraction of sp³-hybridized carbons (Fsp3) is 0.667. The molecule has 2 heterocycles. The Morgan fingerprint density at radius 1 is 1.50 bits per heavy atom. The maximum atomic E-state index is 5.14. The number of piperidine rings is 1. The molecule has 1 aliphatic heterocycles. The van der Waals surface area contributed by atoms with Gasteiger partial charge in [0.15, 0.2) is 0 Å². The van der Waals surface area contributed by atoms with Crippen molar-refractivity contribution in [1.29, 1.82) is 0 Å². The summed E-state index contributed by atoms with van der Waals surface area (Å²) >= 11 is 0. The zero-order chi connectivity index (χ0) is 12.8. The highest BCUT2D eigenvalue weighted by Gasteiger charge is 2.19. The summed E-state index contributed by atoms with van der Waals surface area (Å²) in [6.07, 6.45) is 7.06. The summed E-state index contributed by atoms with van der Waals surface area (Å²) in [7, 11) is 1.78. The highest BCUT2D eigenvalue weighted by atomic mass is 16.5. The highest BCUT2D eigenvalue weighted by Crippen LogP contribution is 2.25.